The summed E-state index contributed by atoms with van der Waals surface area (Å²) in [6.45, 7) is 4.31. The summed E-state index contributed by atoms with van der Waals surface area (Å²) >= 11 is 2.21. The average Bonchev–Trinajstić information content (AvgIpc) is 2.29. The number of rotatable bonds is 5. The summed E-state index contributed by atoms with van der Waals surface area (Å²) in [6, 6.07) is 7.38. The highest BCUT2D eigenvalue weighted by atomic mass is 127. The molecule has 0 bridgehead atoms. The molecule has 5 heteroatoms. The van der Waals surface area contributed by atoms with Gasteiger partial charge in [-0.3, -0.25) is 0 Å². The van der Waals surface area contributed by atoms with Gasteiger partial charge >= 0.3 is 6.03 Å². The van der Waals surface area contributed by atoms with Gasteiger partial charge in [-0.1, -0.05) is 6.92 Å². The molecule has 3 N–H and O–H groups in total. The van der Waals surface area contributed by atoms with Crippen LogP contribution in [0.1, 0.15) is 20.3 Å². The molecule has 1 aromatic carbocycles. The summed E-state index contributed by atoms with van der Waals surface area (Å²) in [7, 11) is 0. The van der Waals surface area contributed by atoms with Crippen molar-refractivity contribution in [2.24, 2.45) is 5.92 Å². The molecule has 0 spiro atoms. The summed E-state index contributed by atoms with van der Waals surface area (Å²) in [5.41, 5.74) is 0.774. The minimum absolute atomic E-state index is 0.214. The van der Waals surface area contributed by atoms with Gasteiger partial charge in [-0.15, -0.1) is 0 Å². The van der Waals surface area contributed by atoms with Gasteiger partial charge in [0.05, 0.1) is 6.10 Å². The first kappa shape index (κ1) is 15.2. The van der Waals surface area contributed by atoms with E-state index in [1.165, 1.54) is 0 Å². The lowest BCUT2D eigenvalue weighted by molar-refractivity contribution is 0.163. The van der Waals surface area contributed by atoms with Crippen LogP contribution in [0.25, 0.3) is 0 Å². The Balaban J connectivity index is 2.31. The SMILES string of the molecule is CC(O)CC(C)CNC(=O)Nc1ccc(I)cc1. The first-order chi connectivity index (χ1) is 8.47. The molecule has 2 unspecified atom stereocenters. The van der Waals surface area contributed by atoms with Gasteiger partial charge in [0, 0.05) is 15.8 Å². The fourth-order valence-electron chi connectivity index (χ4n) is 1.64. The second kappa shape index (κ2) is 7.58. The van der Waals surface area contributed by atoms with Gasteiger partial charge in [0.2, 0.25) is 0 Å². The minimum atomic E-state index is -0.332. The van der Waals surface area contributed by atoms with E-state index in [4.69, 9.17) is 0 Å². The topological polar surface area (TPSA) is 61.4 Å². The fraction of sp³-hybridized carbons (Fsp3) is 0.462. The van der Waals surface area contributed by atoms with E-state index in [9.17, 15) is 9.90 Å². The molecule has 0 aliphatic heterocycles. The lowest BCUT2D eigenvalue weighted by Gasteiger charge is -2.14. The van der Waals surface area contributed by atoms with Crippen molar-refractivity contribution in [3.8, 4) is 0 Å². The van der Waals surface area contributed by atoms with E-state index in [-0.39, 0.29) is 18.1 Å². The highest BCUT2D eigenvalue weighted by Crippen LogP contribution is 2.11. The van der Waals surface area contributed by atoms with E-state index in [2.05, 4.69) is 33.2 Å². The molecule has 2 amide bonds. The molecule has 1 aromatic rings. The minimum Gasteiger partial charge on any atom is -0.393 e. The number of carbonyl (C=O) groups excluding carboxylic acids is 1. The van der Waals surface area contributed by atoms with Crippen molar-refractivity contribution in [3.63, 3.8) is 0 Å². The maximum atomic E-state index is 11.6. The maximum Gasteiger partial charge on any atom is 0.319 e. The number of amides is 2. The molecular weight excluding hydrogens is 343 g/mol. The second-order valence-electron chi connectivity index (χ2n) is 4.53. The van der Waals surface area contributed by atoms with Crippen molar-refractivity contribution < 1.29 is 9.90 Å². The predicted octanol–water partition coefficient (Wildman–Crippen LogP) is 2.82. The molecule has 0 radical (unpaired) electrons. The van der Waals surface area contributed by atoms with Gasteiger partial charge in [0.1, 0.15) is 0 Å². The van der Waals surface area contributed by atoms with Gasteiger partial charge in [-0.05, 0) is 66.1 Å². The fourth-order valence-corrected chi connectivity index (χ4v) is 2.00. The van der Waals surface area contributed by atoms with Gasteiger partial charge in [-0.25, -0.2) is 4.79 Å². The molecule has 18 heavy (non-hydrogen) atoms. The summed E-state index contributed by atoms with van der Waals surface area (Å²) in [5.74, 6) is 0.257. The molecule has 0 saturated heterocycles. The van der Waals surface area contributed by atoms with E-state index in [1.807, 2.05) is 31.2 Å². The molecule has 0 saturated carbocycles. The van der Waals surface area contributed by atoms with Gasteiger partial charge in [0.15, 0.2) is 0 Å². The third-order valence-electron chi connectivity index (χ3n) is 2.46. The van der Waals surface area contributed by atoms with E-state index in [1.54, 1.807) is 6.92 Å². The number of halogens is 1. The van der Waals surface area contributed by atoms with Crippen LogP contribution in [0.15, 0.2) is 24.3 Å². The normalized spacial score (nSPS) is 13.8. The Kier molecular flexibility index (Phi) is 6.42. The molecule has 4 nitrogen and oxygen atoms in total. The van der Waals surface area contributed by atoms with E-state index < -0.39 is 0 Å². The van der Waals surface area contributed by atoms with Gasteiger partial charge in [-0.2, -0.15) is 0 Å². The Labute approximate surface area is 121 Å². The number of urea groups is 1. The van der Waals surface area contributed by atoms with Crippen LogP contribution >= 0.6 is 22.6 Å². The zero-order chi connectivity index (χ0) is 13.5. The molecule has 2 atom stereocenters. The molecule has 0 aliphatic carbocycles. The predicted molar refractivity (Wildman–Crippen MR) is 81.6 cm³/mol. The van der Waals surface area contributed by atoms with Crippen molar-refractivity contribution in [1.82, 2.24) is 5.32 Å². The number of anilines is 1. The first-order valence-corrected chi connectivity index (χ1v) is 7.03. The standard InChI is InChI=1S/C13H19IN2O2/c1-9(7-10(2)17)8-15-13(18)16-12-5-3-11(14)4-6-12/h3-6,9-10,17H,7-8H2,1-2H3,(H2,15,16,18). The van der Waals surface area contributed by atoms with Crippen molar-refractivity contribution in [2.75, 3.05) is 11.9 Å². The first-order valence-electron chi connectivity index (χ1n) is 5.96. The molecule has 0 aromatic heterocycles. The Hall–Kier alpha value is -0.820. The number of benzene rings is 1. The third-order valence-corrected chi connectivity index (χ3v) is 3.18. The summed E-state index contributed by atoms with van der Waals surface area (Å²) in [5, 5.41) is 14.8. The Morgan fingerprint density at radius 2 is 1.94 bits per heavy atom. The van der Waals surface area contributed by atoms with E-state index in [0.29, 0.717) is 13.0 Å². The van der Waals surface area contributed by atoms with Crippen LogP contribution in [0.5, 0.6) is 0 Å². The number of nitrogens with one attached hydrogen (secondary N) is 2. The number of carbonyl (C=O) groups is 1. The van der Waals surface area contributed by atoms with Crippen LogP contribution in [0.2, 0.25) is 0 Å². The lowest BCUT2D eigenvalue weighted by Crippen LogP contribution is -2.33. The zero-order valence-electron chi connectivity index (χ0n) is 10.6. The number of hydrogen-bond donors (Lipinski definition) is 3. The second-order valence-corrected chi connectivity index (χ2v) is 5.78. The third kappa shape index (κ3) is 6.20. The van der Waals surface area contributed by atoms with Crippen molar-refractivity contribution >= 4 is 34.3 Å². The smallest absolute Gasteiger partial charge is 0.319 e. The van der Waals surface area contributed by atoms with Crippen LogP contribution in [-0.4, -0.2) is 23.8 Å². The highest BCUT2D eigenvalue weighted by Gasteiger charge is 2.08. The molecular formula is C13H19IN2O2. The largest absolute Gasteiger partial charge is 0.393 e. The number of aliphatic hydroxyl groups is 1. The monoisotopic (exact) mass is 362 g/mol. The van der Waals surface area contributed by atoms with E-state index in [0.717, 1.165) is 9.26 Å². The van der Waals surface area contributed by atoms with Crippen LogP contribution in [0, 0.1) is 9.49 Å². The number of aliphatic hydroxyl groups excluding tert-OH is 1. The Bertz CT molecular complexity index is 379. The van der Waals surface area contributed by atoms with Crippen LogP contribution in [-0.2, 0) is 0 Å². The Morgan fingerprint density at radius 3 is 2.50 bits per heavy atom. The Morgan fingerprint density at radius 1 is 1.33 bits per heavy atom. The average molecular weight is 362 g/mol. The zero-order valence-corrected chi connectivity index (χ0v) is 12.8. The van der Waals surface area contributed by atoms with Crippen LogP contribution < -0.4 is 10.6 Å². The van der Waals surface area contributed by atoms with Crippen LogP contribution in [0.4, 0.5) is 10.5 Å². The molecule has 0 aliphatic rings. The van der Waals surface area contributed by atoms with E-state index >= 15 is 0 Å². The summed E-state index contributed by atoms with van der Waals surface area (Å²) in [6.07, 6.45) is 0.352. The van der Waals surface area contributed by atoms with Gasteiger partial charge in [0.25, 0.3) is 0 Å². The molecule has 100 valence electrons. The van der Waals surface area contributed by atoms with Crippen molar-refractivity contribution in [2.45, 2.75) is 26.4 Å². The van der Waals surface area contributed by atoms with Crippen molar-refractivity contribution in [1.29, 1.82) is 0 Å². The highest BCUT2D eigenvalue weighted by molar-refractivity contribution is 14.1. The molecule has 1 rings (SSSR count). The van der Waals surface area contributed by atoms with Gasteiger partial charge < -0.3 is 15.7 Å². The van der Waals surface area contributed by atoms with Crippen molar-refractivity contribution in [3.05, 3.63) is 27.8 Å². The molecule has 0 heterocycles. The lowest BCUT2D eigenvalue weighted by atomic mass is 10.1. The summed E-state index contributed by atoms with van der Waals surface area (Å²) in [4.78, 5) is 11.6. The maximum absolute atomic E-state index is 11.6. The number of hydrogen-bond acceptors (Lipinski definition) is 2. The van der Waals surface area contributed by atoms with Crippen LogP contribution in [0.3, 0.4) is 0 Å². The summed E-state index contributed by atoms with van der Waals surface area (Å²) < 4.78 is 1.13. The molecule has 0 fully saturated rings. The quantitative estimate of drug-likeness (QED) is 0.706.